The molecule has 21 heavy (non-hydrogen) atoms. The number of nitrogens with zero attached hydrogens (tertiary/aromatic N) is 2. The lowest BCUT2D eigenvalue weighted by Crippen LogP contribution is -2.20. The van der Waals surface area contributed by atoms with Crippen molar-refractivity contribution in [1.82, 2.24) is 14.5 Å². The molecule has 1 heterocycles. The molecule has 0 bridgehead atoms. The Balaban J connectivity index is 2.15. The Labute approximate surface area is 130 Å². The SMILES string of the molecule is CC(NSC(C)(C)C)c1ccc(-c2cnn(C)c2)cc1F. The fourth-order valence-corrected chi connectivity index (χ4v) is 2.61. The molecule has 0 spiro atoms. The topological polar surface area (TPSA) is 29.9 Å². The van der Waals surface area contributed by atoms with Crippen molar-refractivity contribution in [2.24, 2.45) is 7.05 Å². The van der Waals surface area contributed by atoms with E-state index in [1.165, 1.54) is 0 Å². The van der Waals surface area contributed by atoms with E-state index < -0.39 is 0 Å². The van der Waals surface area contributed by atoms with Crippen molar-refractivity contribution in [3.05, 3.63) is 42.0 Å². The quantitative estimate of drug-likeness (QED) is 0.853. The molecule has 0 radical (unpaired) electrons. The molecule has 1 aromatic carbocycles. The number of hydrogen-bond donors (Lipinski definition) is 1. The average Bonchev–Trinajstić information content (AvgIpc) is 2.81. The number of aryl methyl sites for hydroxylation is 1. The van der Waals surface area contributed by atoms with Gasteiger partial charge in [0.1, 0.15) is 5.82 Å². The third kappa shape index (κ3) is 4.32. The molecule has 0 saturated carbocycles. The van der Waals surface area contributed by atoms with Gasteiger partial charge in [0.25, 0.3) is 0 Å². The molecule has 2 rings (SSSR count). The Kier molecular flexibility index (Phi) is 4.74. The third-order valence-electron chi connectivity index (χ3n) is 3.05. The maximum atomic E-state index is 14.3. The van der Waals surface area contributed by atoms with E-state index in [2.05, 4.69) is 30.6 Å². The summed E-state index contributed by atoms with van der Waals surface area (Å²) in [6.07, 6.45) is 3.62. The van der Waals surface area contributed by atoms with Gasteiger partial charge in [-0.3, -0.25) is 9.40 Å². The Morgan fingerprint density at radius 1 is 1.29 bits per heavy atom. The van der Waals surface area contributed by atoms with Gasteiger partial charge < -0.3 is 0 Å². The molecule has 2 aromatic rings. The molecule has 0 aliphatic heterocycles. The van der Waals surface area contributed by atoms with Crippen LogP contribution in [-0.4, -0.2) is 14.5 Å². The van der Waals surface area contributed by atoms with E-state index in [1.807, 2.05) is 32.3 Å². The Morgan fingerprint density at radius 3 is 2.52 bits per heavy atom. The molecule has 1 aromatic heterocycles. The van der Waals surface area contributed by atoms with Crippen molar-refractivity contribution in [1.29, 1.82) is 0 Å². The number of nitrogens with one attached hydrogen (secondary N) is 1. The highest BCUT2D eigenvalue weighted by Gasteiger charge is 2.16. The molecular formula is C16H22FN3S. The molecule has 0 aliphatic rings. The third-order valence-corrected chi connectivity index (χ3v) is 4.13. The van der Waals surface area contributed by atoms with Gasteiger partial charge in [-0.05, 0) is 39.3 Å². The summed E-state index contributed by atoms with van der Waals surface area (Å²) in [4.78, 5) is 0. The van der Waals surface area contributed by atoms with Crippen molar-refractivity contribution < 1.29 is 4.39 Å². The van der Waals surface area contributed by atoms with E-state index in [1.54, 1.807) is 28.9 Å². The molecular weight excluding hydrogens is 285 g/mol. The van der Waals surface area contributed by atoms with E-state index in [4.69, 9.17) is 0 Å². The van der Waals surface area contributed by atoms with E-state index in [0.717, 1.165) is 11.1 Å². The van der Waals surface area contributed by atoms with Gasteiger partial charge in [0.05, 0.1) is 6.20 Å². The van der Waals surface area contributed by atoms with E-state index in [-0.39, 0.29) is 16.6 Å². The lowest BCUT2D eigenvalue weighted by molar-refractivity contribution is 0.584. The fourth-order valence-electron chi connectivity index (χ4n) is 1.96. The Morgan fingerprint density at radius 2 is 2.00 bits per heavy atom. The van der Waals surface area contributed by atoms with Crippen LogP contribution in [0.4, 0.5) is 4.39 Å². The molecule has 0 amide bonds. The van der Waals surface area contributed by atoms with Crippen LogP contribution in [0.5, 0.6) is 0 Å². The molecule has 1 atom stereocenters. The highest BCUT2D eigenvalue weighted by atomic mass is 32.2. The van der Waals surface area contributed by atoms with E-state index in [0.29, 0.717) is 5.56 Å². The predicted octanol–water partition coefficient (Wildman–Crippen LogP) is 4.32. The van der Waals surface area contributed by atoms with Crippen LogP contribution in [0.2, 0.25) is 0 Å². The van der Waals surface area contributed by atoms with E-state index in [9.17, 15) is 4.39 Å². The zero-order valence-corrected chi connectivity index (χ0v) is 14.0. The molecule has 5 heteroatoms. The summed E-state index contributed by atoms with van der Waals surface area (Å²) in [5.74, 6) is -0.189. The van der Waals surface area contributed by atoms with Crippen molar-refractivity contribution >= 4 is 11.9 Å². The van der Waals surface area contributed by atoms with Crippen LogP contribution >= 0.6 is 11.9 Å². The first-order chi connectivity index (χ1) is 9.76. The summed E-state index contributed by atoms with van der Waals surface area (Å²) in [5.41, 5.74) is 2.45. The highest BCUT2D eigenvalue weighted by Crippen LogP contribution is 2.28. The zero-order chi connectivity index (χ0) is 15.6. The van der Waals surface area contributed by atoms with Gasteiger partial charge in [0.2, 0.25) is 0 Å². The summed E-state index contributed by atoms with van der Waals surface area (Å²) >= 11 is 1.62. The van der Waals surface area contributed by atoms with Gasteiger partial charge in [-0.1, -0.05) is 24.1 Å². The summed E-state index contributed by atoms with van der Waals surface area (Å²) in [5, 5.41) is 4.12. The maximum absolute atomic E-state index is 14.3. The Hall–Kier alpha value is -1.33. The van der Waals surface area contributed by atoms with Gasteiger partial charge in [-0.2, -0.15) is 5.10 Å². The second-order valence-corrected chi connectivity index (χ2v) is 7.86. The lowest BCUT2D eigenvalue weighted by Gasteiger charge is -2.22. The molecule has 0 fully saturated rings. The summed E-state index contributed by atoms with van der Waals surface area (Å²) in [7, 11) is 1.85. The number of rotatable bonds is 4. The number of halogens is 1. The van der Waals surface area contributed by atoms with Gasteiger partial charge in [0.15, 0.2) is 0 Å². The summed E-state index contributed by atoms with van der Waals surface area (Å²) in [6.45, 7) is 8.35. The maximum Gasteiger partial charge on any atom is 0.128 e. The highest BCUT2D eigenvalue weighted by molar-refractivity contribution is 7.98. The lowest BCUT2D eigenvalue weighted by atomic mass is 10.0. The monoisotopic (exact) mass is 307 g/mol. The van der Waals surface area contributed by atoms with Crippen LogP contribution in [0.1, 0.15) is 39.3 Å². The van der Waals surface area contributed by atoms with Crippen molar-refractivity contribution in [2.45, 2.75) is 38.5 Å². The first kappa shape index (κ1) is 16.0. The molecule has 3 nitrogen and oxygen atoms in total. The molecule has 0 saturated heterocycles. The van der Waals surface area contributed by atoms with Gasteiger partial charge >= 0.3 is 0 Å². The van der Waals surface area contributed by atoms with Crippen LogP contribution in [0.25, 0.3) is 11.1 Å². The molecule has 1 N–H and O–H groups in total. The minimum atomic E-state index is -0.189. The number of hydrogen-bond acceptors (Lipinski definition) is 3. The fraction of sp³-hybridized carbons (Fsp3) is 0.438. The normalized spacial score (nSPS) is 13.4. The smallest absolute Gasteiger partial charge is 0.128 e. The minimum absolute atomic E-state index is 0.0443. The molecule has 1 unspecified atom stereocenters. The largest absolute Gasteiger partial charge is 0.275 e. The van der Waals surface area contributed by atoms with Gasteiger partial charge in [-0.15, -0.1) is 0 Å². The van der Waals surface area contributed by atoms with Crippen molar-refractivity contribution in [2.75, 3.05) is 0 Å². The van der Waals surface area contributed by atoms with Gasteiger partial charge in [-0.25, -0.2) is 4.39 Å². The van der Waals surface area contributed by atoms with Crippen LogP contribution in [0, 0.1) is 5.82 Å². The minimum Gasteiger partial charge on any atom is -0.275 e. The molecule has 114 valence electrons. The summed E-state index contributed by atoms with van der Waals surface area (Å²) < 4.78 is 19.5. The van der Waals surface area contributed by atoms with Gasteiger partial charge in [0, 0.05) is 35.2 Å². The second-order valence-electron chi connectivity index (χ2n) is 6.19. The zero-order valence-electron chi connectivity index (χ0n) is 13.1. The predicted molar refractivity (Wildman–Crippen MR) is 87.5 cm³/mol. The average molecular weight is 307 g/mol. The van der Waals surface area contributed by atoms with Crippen LogP contribution in [-0.2, 0) is 7.05 Å². The van der Waals surface area contributed by atoms with Crippen LogP contribution in [0.15, 0.2) is 30.6 Å². The van der Waals surface area contributed by atoms with Crippen LogP contribution in [0.3, 0.4) is 0 Å². The number of aromatic nitrogens is 2. The Bertz CT molecular complexity index is 616. The first-order valence-corrected chi connectivity index (χ1v) is 7.80. The summed E-state index contributed by atoms with van der Waals surface area (Å²) in [6, 6.07) is 5.32. The van der Waals surface area contributed by atoms with E-state index >= 15 is 0 Å². The second kappa shape index (κ2) is 6.20. The van der Waals surface area contributed by atoms with Crippen molar-refractivity contribution in [3.8, 4) is 11.1 Å². The standard InChI is InChI=1S/C16H22FN3S/c1-11(19-21-16(2,3)4)14-7-6-12(8-15(14)17)13-9-18-20(5)10-13/h6-11,19H,1-5H3. The van der Waals surface area contributed by atoms with Crippen LogP contribution < -0.4 is 4.72 Å². The molecule has 0 aliphatic carbocycles. The number of benzene rings is 1. The van der Waals surface area contributed by atoms with Crippen molar-refractivity contribution in [3.63, 3.8) is 0 Å². The first-order valence-electron chi connectivity index (χ1n) is 6.98.